The smallest absolute Gasteiger partial charge is 0.324 e. The molecule has 0 aromatic rings. The number of carbonyl (C=O) groups is 1. The van der Waals surface area contributed by atoms with Crippen LogP contribution < -0.4 is 17.2 Å². The van der Waals surface area contributed by atoms with Gasteiger partial charge in [-0.1, -0.05) is 0 Å². The summed E-state index contributed by atoms with van der Waals surface area (Å²) in [6, 6.07) is 0. The van der Waals surface area contributed by atoms with Gasteiger partial charge >= 0.3 is 5.97 Å². The van der Waals surface area contributed by atoms with E-state index < -0.39 is 27.1 Å². The number of nitrogens with two attached hydrogens (primary N) is 3. The summed E-state index contributed by atoms with van der Waals surface area (Å²) >= 11 is 0. The summed E-state index contributed by atoms with van der Waals surface area (Å²) in [6.07, 6.45) is 0. The van der Waals surface area contributed by atoms with Crippen LogP contribution in [0.25, 0.3) is 0 Å². The maximum atomic E-state index is 11.4. The lowest BCUT2D eigenvalue weighted by Gasteiger charge is -2.18. The molecule has 110 valence electrons. The van der Waals surface area contributed by atoms with Crippen LogP contribution in [-0.4, -0.2) is 49.0 Å². The van der Waals surface area contributed by atoms with Crippen molar-refractivity contribution < 1.29 is 18.3 Å². The lowest BCUT2D eigenvalue weighted by atomic mass is 10.1. The van der Waals surface area contributed by atoms with E-state index in [0.717, 1.165) is 6.92 Å². The van der Waals surface area contributed by atoms with Gasteiger partial charge in [-0.2, -0.15) is 0 Å². The van der Waals surface area contributed by atoms with Crippen LogP contribution in [0.5, 0.6) is 0 Å². The number of carboxylic acids is 1. The molecule has 0 radical (unpaired) electrons. The molecule has 1 atom stereocenters. The van der Waals surface area contributed by atoms with E-state index in [1.54, 1.807) is 0 Å². The van der Waals surface area contributed by atoms with Crippen molar-refractivity contribution in [3.05, 3.63) is 0 Å². The summed E-state index contributed by atoms with van der Waals surface area (Å²) in [5.41, 5.74) is 13.5. The van der Waals surface area contributed by atoms with Crippen molar-refractivity contribution in [3.63, 3.8) is 0 Å². The Morgan fingerprint density at radius 3 is 2.11 bits per heavy atom. The Hall–Kier alpha value is -0.770. The molecule has 18 heavy (non-hydrogen) atoms. The van der Waals surface area contributed by atoms with Gasteiger partial charge in [-0.05, 0) is 6.92 Å². The molecule has 0 aromatic heterocycles. The highest BCUT2D eigenvalue weighted by molar-refractivity contribution is 7.91. The first kappa shape index (κ1) is 22.4. The van der Waals surface area contributed by atoms with Crippen LogP contribution in [0.4, 0.5) is 0 Å². The van der Waals surface area contributed by atoms with Gasteiger partial charge in [-0.25, -0.2) is 8.42 Å². The quantitative estimate of drug-likeness (QED) is 0.335. The van der Waals surface area contributed by atoms with E-state index in [0.29, 0.717) is 0 Å². The Morgan fingerprint density at radius 2 is 1.78 bits per heavy atom. The number of aliphatic imine (C=N–C) groups is 1. The molecule has 0 fully saturated rings. The first-order valence-corrected chi connectivity index (χ1v) is 6.17. The summed E-state index contributed by atoms with van der Waals surface area (Å²) in [5, 5.41) is 8.66. The molecule has 11 heteroatoms. The molecule has 0 saturated heterocycles. The van der Waals surface area contributed by atoms with Crippen molar-refractivity contribution in [1.82, 2.24) is 0 Å². The summed E-state index contributed by atoms with van der Waals surface area (Å²) in [6.45, 7) is 1.02. The minimum absolute atomic E-state index is 0. The predicted octanol–water partition coefficient (Wildman–Crippen LogP) is -1.68. The predicted molar refractivity (Wildman–Crippen MR) is 74.1 cm³/mol. The van der Waals surface area contributed by atoms with E-state index in [1.165, 1.54) is 0 Å². The van der Waals surface area contributed by atoms with Crippen LogP contribution in [0, 0.1) is 0 Å². The van der Waals surface area contributed by atoms with Gasteiger partial charge in [0.15, 0.2) is 15.8 Å². The number of carboxylic acid groups (broad SMARTS) is 1. The number of halogens is 2. The van der Waals surface area contributed by atoms with Crippen LogP contribution in [0.15, 0.2) is 4.99 Å². The second kappa shape index (κ2) is 8.35. The van der Waals surface area contributed by atoms with Gasteiger partial charge in [0, 0.05) is 0 Å². The average molecular weight is 325 g/mol. The molecule has 7 N–H and O–H groups in total. The molecule has 0 aromatic carbocycles. The minimum Gasteiger partial charge on any atom is -0.480 e. The second-order valence-electron chi connectivity index (χ2n) is 3.62. The molecule has 0 aliphatic rings. The first-order chi connectivity index (χ1) is 7.07. The van der Waals surface area contributed by atoms with Gasteiger partial charge in [0.25, 0.3) is 0 Å². The molecule has 8 nitrogen and oxygen atoms in total. The fourth-order valence-electron chi connectivity index (χ4n) is 0.905. The number of sulfone groups is 1. The first-order valence-electron chi connectivity index (χ1n) is 4.35. The standard InChI is InChI=1S/C7H16N4O4S.2ClH/c1-7(10,5(12)13)4-16(14,15)3-2-11-6(8)9;;/h2-4,10H2,1H3,(H,12,13)(H4,8,9,11);2*1H/t7-;;/m0../s1. The zero-order valence-corrected chi connectivity index (χ0v) is 12.1. The molecule has 0 saturated carbocycles. The van der Waals surface area contributed by atoms with E-state index >= 15 is 0 Å². The molecule has 0 heterocycles. The monoisotopic (exact) mass is 324 g/mol. The van der Waals surface area contributed by atoms with E-state index in [-0.39, 0.29) is 43.1 Å². The van der Waals surface area contributed by atoms with Crippen LogP contribution in [0.2, 0.25) is 0 Å². The molecule has 0 unspecified atom stereocenters. The third-order valence-electron chi connectivity index (χ3n) is 1.70. The Morgan fingerprint density at radius 1 is 1.33 bits per heavy atom. The molecule has 0 spiro atoms. The highest BCUT2D eigenvalue weighted by Crippen LogP contribution is 2.05. The number of hydrogen-bond donors (Lipinski definition) is 4. The summed E-state index contributed by atoms with van der Waals surface area (Å²) in [5.74, 6) is -2.60. The number of aliphatic carboxylic acids is 1. The van der Waals surface area contributed by atoms with Gasteiger partial charge in [-0.15, -0.1) is 24.8 Å². The Labute approximate surface area is 118 Å². The van der Waals surface area contributed by atoms with Gasteiger partial charge in [0.05, 0.1) is 18.1 Å². The summed E-state index contributed by atoms with van der Waals surface area (Å²) < 4.78 is 22.9. The molecular weight excluding hydrogens is 307 g/mol. The van der Waals surface area contributed by atoms with E-state index in [2.05, 4.69) is 4.99 Å². The topological polar surface area (TPSA) is 162 Å². The molecule has 0 rings (SSSR count). The van der Waals surface area contributed by atoms with Gasteiger partial charge in [-0.3, -0.25) is 9.79 Å². The van der Waals surface area contributed by atoms with Gasteiger partial charge in [0.1, 0.15) is 5.54 Å². The third-order valence-corrected chi connectivity index (χ3v) is 3.55. The Kier molecular flexibility index (Phi) is 10.4. The van der Waals surface area contributed by atoms with Gasteiger partial charge in [0.2, 0.25) is 0 Å². The van der Waals surface area contributed by atoms with E-state index in [1.807, 2.05) is 0 Å². The zero-order chi connectivity index (χ0) is 13.0. The fourth-order valence-corrected chi connectivity index (χ4v) is 2.46. The van der Waals surface area contributed by atoms with E-state index in [4.69, 9.17) is 22.3 Å². The van der Waals surface area contributed by atoms with Crippen LogP contribution in [0.1, 0.15) is 6.92 Å². The number of guanidine groups is 1. The molecule has 0 aliphatic carbocycles. The molecule has 0 aliphatic heterocycles. The van der Waals surface area contributed by atoms with Crippen LogP contribution in [-0.2, 0) is 14.6 Å². The maximum absolute atomic E-state index is 11.4. The SMILES string of the molecule is C[C@](N)(CS(=O)(=O)CCN=C(N)N)C(=O)O.Cl.Cl. The number of rotatable bonds is 6. The maximum Gasteiger partial charge on any atom is 0.324 e. The fraction of sp³-hybridized carbons (Fsp3) is 0.714. The Bertz CT molecular complexity index is 392. The Balaban J connectivity index is -0.00000112. The van der Waals surface area contributed by atoms with Crippen molar-refractivity contribution in [2.24, 2.45) is 22.2 Å². The molecule has 0 amide bonds. The lowest BCUT2D eigenvalue weighted by molar-refractivity contribution is -0.141. The van der Waals surface area contributed by atoms with Crippen LogP contribution >= 0.6 is 24.8 Å². The van der Waals surface area contributed by atoms with Crippen molar-refractivity contribution in [2.75, 3.05) is 18.1 Å². The van der Waals surface area contributed by atoms with Crippen molar-refractivity contribution in [1.29, 1.82) is 0 Å². The average Bonchev–Trinajstić information content (AvgIpc) is 1.99. The zero-order valence-electron chi connectivity index (χ0n) is 9.70. The minimum atomic E-state index is -3.60. The molecule has 0 bridgehead atoms. The highest BCUT2D eigenvalue weighted by atomic mass is 35.5. The van der Waals surface area contributed by atoms with Gasteiger partial charge < -0.3 is 22.3 Å². The highest BCUT2D eigenvalue weighted by Gasteiger charge is 2.33. The van der Waals surface area contributed by atoms with Crippen molar-refractivity contribution in [2.45, 2.75) is 12.5 Å². The van der Waals surface area contributed by atoms with Crippen molar-refractivity contribution in [3.8, 4) is 0 Å². The third kappa shape index (κ3) is 9.28. The number of nitrogens with zero attached hydrogens (tertiary/aromatic N) is 1. The second-order valence-corrected chi connectivity index (χ2v) is 5.81. The normalized spacial score (nSPS) is 13.4. The van der Waals surface area contributed by atoms with Crippen molar-refractivity contribution >= 4 is 46.6 Å². The molecular formula is C7H18Cl2N4O4S. The summed E-state index contributed by atoms with van der Waals surface area (Å²) in [7, 11) is -3.60. The largest absolute Gasteiger partial charge is 0.480 e. The summed E-state index contributed by atoms with van der Waals surface area (Å²) in [4.78, 5) is 14.1. The van der Waals surface area contributed by atoms with E-state index in [9.17, 15) is 13.2 Å². The van der Waals surface area contributed by atoms with Crippen LogP contribution in [0.3, 0.4) is 0 Å². The lowest BCUT2D eigenvalue weighted by Crippen LogP contribution is -2.51. The number of hydrogen-bond acceptors (Lipinski definition) is 5.